The van der Waals surface area contributed by atoms with E-state index in [1.54, 1.807) is 24.3 Å². The average molecular weight is 362 g/mol. The molecule has 0 saturated heterocycles. The van der Waals surface area contributed by atoms with Gasteiger partial charge in [-0.05, 0) is 43.7 Å². The summed E-state index contributed by atoms with van der Waals surface area (Å²) in [6, 6.07) is 12.6. The third-order valence-electron chi connectivity index (χ3n) is 3.33. The quantitative estimate of drug-likeness (QED) is 0.691. The molecule has 0 bridgehead atoms. The summed E-state index contributed by atoms with van der Waals surface area (Å²) in [5.41, 5.74) is 7.69. The van der Waals surface area contributed by atoms with Gasteiger partial charge in [-0.25, -0.2) is 0 Å². The Morgan fingerprint density at radius 1 is 1.04 bits per heavy atom. The number of hydrogen-bond donors (Lipinski definition) is 3. The first-order chi connectivity index (χ1) is 11.9. The van der Waals surface area contributed by atoms with Crippen molar-refractivity contribution in [1.29, 1.82) is 0 Å². The number of carbonyl (C=O) groups is 2. The van der Waals surface area contributed by atoms with Crippen LogP contribution in [0.5, 0.6) is 5.75 Å². The van der Waals surface area contributed by atoms with Crippen LogP contribution in [0.1, 0.15) is 11.1 Å². The van der Waals surface area contributed by atoms with Crippen molar-refractivity contribution in [2.45, 2.75) is 13.8 Å². The van der Waals surface area contributed by atoms with Crippen molar-refractivity contribution < 1.29 is 14.3 Å². The summed E-state index contributed by atoms with van der Waals surface area (Å²) >= 11 is 5.82. The van der Waals surface area contributed by atoms with Gasteiger partial charge in [-0.3, -0.25) is 20.4 Å². The first-order valence-corrected chi connectivity index (χ1v) is 8.09. The molecule has 0 saturated carbocycles. The van der Waals surface area contributed by atoms with E-state index in [-0.39, 0.29) is 19.1 Å². The van der Waals surface area contributed by atoms with Crippen LogP contribution in [0.2, 0.25) is 5.02 Å². The first-order valence-electron chi connectivity index (χ1n) is 7.71. The number of anilines is 1. The van der Waals surface area contributed by atoms with Gasteiger partial charge in [0, 0.05) is 10.7 Å². The lowest BCUT2D eigenvalue weighted by atomic mass is 10.1. The highest BCUT2D eigenvalue weighted by Gasteiger charge is 2.07. The summed E-state index contributed by atoms with van der Waals surface area (Å²) in [6.07, 6.45) is 0. The van der Waals surface area contributed by atoms with Crippen LogP contribution in [0.4, 0.5) is 5.69 Å². The Morgan fingerprint density at radius 2 is 1.80 bits per heavy atom. The molecule has 0 atom stereocenters. The van der Waals surface area contributed by atoms with Gasteiger partial charge in [0.1, 0.15) is 5.75 Å². The number of amides is 2. The van der Waals surface area contributed by atoms with Crippen molar-refractivity contribution in [2.24, 2.45) is 0 Å². The minimum absolute atomic E-state index is 0.0410. The van der Waals surface area contributed by atoms with Gasteiger partial charge in [0.2, 0.25) is 0 Å². The lowest BCUT2D eigenvalue weighted by Crippen LogP contribution is -2.46. The van der Waals surface area contributed by atoms with Gasteiger partial charge in [-0.2, -0.15) is 0 Å². The van der Waals surface area contributed by atoms with E-state index >= 15 is 0 Å². The molecule has 3 N–H and O–H groups in total. The molecule has 2 amide bonds. The SMILES string of the molecule is Cc1ccc(NCC(=O)NNC(=O)COc2cccc(Cl)c2)c(C)c1. The van der Waals surface area contributed by atoms with Crippen LogP contribution in [-0.2, 0) is 9.59 Å². The fourth-order valence-corrected chi connectivity index (χ4v) is 2.29. The molecule has 2 aromatic rings. The number of aryl methyl sites for hydroxylation is 2. The number of benzene rings is 2. The van der Waals surface area contributed by atoms with E-state index in [1.165, 1.54) is 0 Å². The monoisotopic (exact) mass is 361 g/mol. The molecular weight excluding hydrogens is 342 g/mol. The maximum atomic E-state index is 11.8. The molecule has 0 aliphatic carbocycles. The largest absolute Gasteiger partial charge is 0.484 e. The van der Waals surface area contributed by atoms with Gasteiger partial charge in [-0.1, -0.05) is 35.4 Å². The number of hydrazine groups is 1. The number of ether oxygens (including phenoxy) is 1. The lowest BCUT2D eigenvalue weighted by molar-refractivity contribution is -0.129. The van der Waals surface area contributed by atoms with Crippen molar-refractivity contribution in [3.63, 3.8) is 0 Å². The van der Waals surface area contributed by atoms with Crippen LogP contribution in [0.25, 0.3) is 0 Å². The molecule has 0 unspecified atom stereocenters. The van der Waals surface area contributed by atoms with Crippen molar-refractivity contribution in [2.75, 3.05) is 18.5 Å². The maximum Gasteiger partial charge on any atom is 0.276 e. The Labute approximate surface area is 151 Å². The molecule has 7 heteroatoms. The van der Waals surface area contributed by atoms with E-state index in [1.807, 2.05) is 32.0 Å². The highest BCUT2D eigenvalue weighted by atomic mass is 35.5. The summed E-state index contributed by atoms with van der Waals surface area (Å²) in [6.45, 7) is 3.77. The minimum atomic E-state index is -0.472. The van der Waals surface area contributed by atoms with E-state index in [0.717, 1.165) is 16.8 Å². The van der Waals surface area contributed by atoms with E-state index in [0.29, 0.717) is 10.8 Å². The van der Waals surface area contributed by atoms with Crippen molar-refractivity contribution >= 4 is 29.1 Å². The average Bonchev–Trinajstić information content (AvgIpc) is 2.57. The summed E-state index contributed by atoms with van der Waals surface area (Å²) in [5, 5.41) is 3.54. The van der Waals surface area contributed by atoms with E-state index in [2.05, 4.69) is 16.2 Å². The van der Waals surface area contributed by atoms with Crippen LogP contribution in [0.15, 0.2) is 42.5 Å². The zero-order chi connectivity index (χ0) is 18.2. The van der Waals surface area contributed by atoms with Crippen LogP contribution in [0.3, 0.4) is 0 Å². The molecule has 2 rings (SSSR count). The predicted molar refractivity (Wildman–Crippen MR) is 97.6 cm³/mol. The third-order valence-corrected chi connectivity index (χ3v) is 3.56. The topological polar surface area (TPSA) is 79.5 Å². The molecule has 0 aliphatic rings. The Bertz CT molecular complexity index is 765. The van der Waals surface area contributed by atoms with Crippen LogP contribution < -0.4 is 20.9 Å². The first kappa shape index (κ1) is 18.6. The molecule has 0 aliphatic heterocycles. The molecule has 132 valence electrons. The predicted octanol–water partition coefficient (Wildman–Crippen LogP) is 2.60. The van der Waals surface area contributed by atoms with Crippen LogP contribution in [-0.4, -0.2) is 25.0 Å². The fraction of sp³-hybridized carbons (Fsp3) is 0.222. The Hall–Kier alpha value is -2.73. The number of halogens is 1. The van der Waals surface area contributed by atoms with Gasteiger partial charge in [0.05, 0.1) is 6.54 Å². The summed E-state index contributed by atoms with van der Waals surface area (Å²) in [7, 11) is 0. The molecule has 0 fully saturated rings. The molecular formula is C18H20ClN3O3. The Morgan fingerprint density at radius 3 is 2.52 bits per heavy atom. The summed E-state index contributed by atoms with van der Waals surface area (Å²) in [4.78, 5) is 23.4. The second-order valence-corrected chi connectivity index (χ2v) is 5.95. The minimum Gasteiger partial charge on any atom is -0.484 e. The summed E-state index contributed by atoms with van der Waals surface area (Å²) < 4.78 is 5.27. The number of rotatable bonds is 6. The van der Waals surface area contributed by atoms with Gasteiger partial charge in [0.25, 0.3) is 11.8 Å². The zero-order valence-electron chi connectivity index (χ0n) is 14.1. The second kappa shape index (κ2) is 8.94. The van der Waals surface area contributed by atoms with Gasteiger partial charge in [-0.15, -0.1) is 0 Å². The molecule has 0 aromatic heterocycles. The van der Waals surface area contributed by atoms with Crippen LogP contribution >= 0.6 is 11.6 Å². The number of nitrogens with one attached hydrogen (secondary N) is 3. The zero-order valence-corrected chi connectivity index (χ0v) is 14.8. The van der Waals surface area contributed by atoms with E-state index in [9.17, 15) is 9.59 Å². The molecule has 2 aromatic carbocycles. The highest BCUT2D eigenvalue weighted by Crippen LogP contribution is 2.17. The lowest BCUT2D eigenvalue weighted by Gasteiger charge is -2.11. The fourth-order valence-electron chi connectivity index (χ4n) is 2.11. The normalized spacial score (nSPS) is 10.0. The smallest absolute Gasteiger partial charge is 0.276 e. The van der Waals surface area contributed by atoms with Crippen molar-refractivity contribution in [3.05, 3.63) is 58.6 Å². The van der Waals surface area contributed by atoms with Crippen LogP contribution in [0, 0.1) is 13.8 Å². The molecule has 0 spiro atoms. The summed E-state index contributed by atoms with van der Waals surface area (Å²) in [5.74, 6) is -0.360. The van der Waals surface area contributed by atoms with Gasteiger partial charge < -0.3 is 10.1 Å². The highest BCUT2D eigenvalue weighted by molar-refractivity contribution is 6.30. The van der Waals surface area contributed by atoms with Crippen molar-refractivity contribution in [3.8, 4) is 5.75 Å². The van der Waals surface area contributed by atoms with Gasteiger partial charge >= 0.3 is 0 Å². The Balaban J connectivity index is 1.69. The number of hydrogen-bond acceptors (Lipinski definition) is 4. The third kappa shape index (κ3) is 6.35. The Kier molecular flexibility index (Phi) is 6.65. The molecule has 0 radical (unpaired) electrons. The molecule has 6 nitrogen and oxygen atoms in total. The van der Waals surface area contributed by atoms with Gasteiger partial charge in [0.15, 0.2) is 6.61 Å². The standard InChI is InChI=1S/C18H20ClN3O3/c1-12-6-7-16(13(2)8-12)20-10-17(23)21-22-18(24)11-25-15-5-3-4-14(19)9-15/h3-9,20H,10-11H2,1-2H3,(H,21,23)(H,22,24). The molecule has 0 heterocycles. The van der Waals surface area contributed by atoms with E-state index in [4.69, 9.17) is 16.3 Å². The van der Waals surface area contributed by atoms with Crippen molar-refractivity contribution in [1.82, 2.24) is 10.9 Å². The molecule has 25 heavy (non-hydrogen) atoms. The number of carbonyl (C=O) groups excluding carboxylic acids is 2. The maximum absolute atomic E-state index is 11.8. The second-order valence-electron chi connectivity index (χ2n) is 5.51. The van der Waals surface area contributed by atoms with E-state index < -0.39 is 5.91 Å².